The molecule has 0 aromatic carbocycles. The molecule has 0 radical (unpaired) electrons. The van der Waals surface area contributed by atoms with E-state index in [1.54, 1.807) is 24.8 Å². The Balaban J connectivity index is 1.59. The SMILES string of the molecule is Cc1cnc(OCC2CCCN(c3nccnc3C)C2)nc1. The smallest absolute Gasteiger partial charge is 0.316 e. The third-order valence-corrected chi connectivity index (χ3v) is 3.88. The summed E-state index contributed by atoms with van der Waals surface area (Å²) in [7, 11) is 0. The third kappa shape index (κ3) is 3.50. The van der Waals surface area contributed by atoms with Gasteiger partial charge in [0, 0.05) is 43.8 Å². The summed E-state index contributed by atoms with van der Waals surface area (Å²) < 4.78 is 5.73. The summed E-state index contributed by atoms with van der Waals surface area (Å²) in [5, 5.41) is 0. The first-order valence-electron chi connectivity index (χ1n) is 7.66. The third-order valence-electron chi connectivity index (χ3n) is 3.88. The van der Waals surface area contributed by atoms with Crippen molar-refractivity contribution >= 4 is 5.82 Å². The average molecular weight is 299 g/mol. The molecule has 6 nitrogen and oxygen atoms in total. The summed E-state index contributed by atoms with van der Waals surface area (Å²) >= 11 is 0. The van der Waals surface area contributed by atoms with Crippen molar-refractivity contribution in [1.29, 1.82) is 0 Å². The fourth-order valence-electron chi connectivity index (χ4n) is 2.75. The van der Waals surface area contributed by atoms with E-state index in [-0.39, 0.29) is 0 Å². The summed E-state index contributed by atoms with van der Waals surface area (Å²) in [6.07, 6.45) is 9.33. The van der Waals surface area contributed by atoms with Gasteiger partial charge in [0.2, 0.25) is 0 Å². The molecule has 3 heterocycles. The van der Waals surface area contributed by atoms with Crippen molar-refractivity contribution < 1.29 is 4.74 Å². The number of hydrogen-bond donors (Lipinski definition) is 0. The molecule has 1 fully saturated rings. The van der Waals surface area contributed by atoms with Gasteiger partial charge >= 0.3 is 6.01 Å². The Morgan fingerprint density at radius 1 is 1.14 bits per heavy atom. The normalized spacial score (nSPS) is 18.3. The molecule has 116 valence electrons. The molecule has 0 aliphatic carbocycles. The maximum atomic E-state index is 5.73. The number of aryl methyl sites for hydroxylation is 2. The second kappa shape index (κ2) is 6.68. The van der Waals surface area contributed by atoms with Crippen LogP contribution in [0, 0.1) is 19.8 Å². The first-order chi connectivity index (χ1) is 10.7. The van der Waals surface area contributed by atoms with E-state index in [1.807, 2.05) is 13.8 Å². The maximum absolute atomic E-state index is 5.73. The van der Waals surface area contributed by atoms with Gasteiger partial charge in [0.05, 0.1) is 12.3 Å². The number of rotatable bonds is 4. The molecule has 1 unspecified atom stereocenters. The number of aromatic nitrogens is 4. The highest BCUT2D eigenvalue weighted by molar-refractivity contribution is 5.42. The Morgan fingerprint density at radius 3 is 2.68 bits per heavy atom. The minimum Gasteiger partial charge on any atom is -0.463 e. The van der Waals surface area contributed by atoms with Gasteiger partial charge < -0.3 is 9.64 Å². The Labute approximate surface area is 130 Å². The van der Waals surface area contributed by atoms with Gasteiger partial charge in [-0.3, -0.25) is 4.98 Å². The van der Waals surface area contributed by atoms with E-state index in [1.165, 1.54) is 0 Å². The molecule has 1 aliphatic heterocycles. The van der Waals surface area contributed by atoms with E-state index in [9.17, 15) is 0 Å². The lowest BCUT2D eigenvalue weighted by Crippen LogP contribution is -2.38. The van der Waals surface area contributed by atoms with E-state index < -0.39 is 0 Å². The van der Waals surface area contributed by atoms with Crippen molar-refractivity contribution in [3.05, 3.63) is 36.0 Å². The first kappa shape index (κ1) is 14.7. The standard InChI is InChI=1S/C16H21N5O/c1-12-8-19-16(20-9-12)22-11-14-4-3-7-21(10-14)15-13(2)17-5-6-18-15/h5-6,8-9,14H,3-4,7,10-11H2,1-2H3. The summed E-state index contributed by atoms with van der Waals surface area (Å²) in [4.78, 5) is 19.5. The Kier molecular flexibility index (Phi) is 4.46. The lowest BCUT2D eigenvalue weighted by Gasteiger charge is -2.33. The van der Waals surface area contributed by atoms with Crippen LogP contribution in [0.25, 0.3) is 0 Å². The van der Waals surface area contributed by atoms with Gasteiger partial charge in [-0.15, -0.1) is 0 Å². The monoisotopic (exact) mass is 299 g/mol. The van der Waals surface area contributed by atoms with Crippen LogP contribution in [0.2, 0.25) is 0 Å². The van der Waals surface area contributed by atoms with E-state index in [2.05, 4.69) is 24.8 Å². The van der Waals surface area contributed by atoms with Crippen LogP contribution < -0.4 is 9.64 Å². The molecule has 0 bridgehead atoms. The lowest BCUT2D eigenvalue weighted by atomic mass is 9.99. The molecule has 0 amide bonds. The van der Waals surface area contributed by atoms with Crippen molar-refractivity contribution in [2.45, 2.75) is 26.7 Å². The van der Waals surface area contributed by atoms with Crippen molar-refractivity contribution in [2.75, 3.05) is 24.6 Å². The Hall–Kier alpha value is -2.24. The van der Waals surface area contributed by atoms with E-state index in [4.69, 9.17) is 4.74 Å². The summed E-state index contributed by atoms with van der Waals surface area (Å²) in [5.41, 5.74) is 2.01. The topological polar surface area (TPSA) is 64.0 Å². The minimum absolute atomic E-state index is 0.457. The molecule has 22 heavy (non-hydrogen) atoms. The Bertz CT molecular complexity index is 616. The van der Waals surface area contributed by atoms with Gasteiger partial charge in [-0.2, -0.15) is 0 Å². The van der Waals surface area contributed by atoms with Crippen molar-refractivity contribution in [2.24, 2.45) is 5.92 Å². The summed E-state index contributed by atoms with van der Waals surface area (Å²) in [6, 6.07) is 0.457. The zero-order chi connectivity index (χ0) is 15.4. The lowest BCUT2D eigenvalue weighted by molar-refractivity contribution is 0.213. The fourth-order valence-corrected chi connectivity index (χ4v) is 2.75. The van der Waals surface area contributed by atoms with Crippen LogP contribution in [0.1, 0.15) is 24.1 Å². The van der Waals surface area contributed by atoms with Crippen LogP contribution in [0.3, 0.4) is 0 Å². The van der Waals surface area contributed by atoms with Crippen molar-refractivity contribution in [3.63, 3.8) is 0 Å². The number of nitrogens with zero attached hydrogens (tertiary/aromatic N) is 5. The van der Waals surface area contributed by atoms with Gasteiger partial charge in [-0.25, -0.2) is 15.0 Å². The second-order valence-electron chi connectivity index (χ2n) is 5.77. The van der Waals surface area contributed by atoms with E-state index in [0.717, 1.165) is 43.0 Å². The highest BCUT2D eigenvalue weighted by Crippen LogP contribution is 2.23. The minimum atomic E-state index is 0.457. The molecule has 6 heteroatoms. The van der Waals surface area contributed by atoms with Gasteiger partial charge in [0.25, 0.3) is 0 Å². The molecule has 0 spiro atoms. The summed E-state index contributed by atoms with van der Waals surface area (Å²) in [5.74, 6) is 1.44. The zero-order valence-electron chi connectivity index (χ0n) is 13.1. The fraction of sp³-hybridized carbons (Fsp3) is 0.500. The molecule has 1 aliphatic rings. The summed E-state index contributed by atoms with van der Waals surface area (Å²) in [6.45, 7) is 6.57. The average Bonchev–Trinajstić information content (AvgIpc) is 2.55. The van der Waals surface area contributed by atoms with Crippen LogP contribution in [0.5, 0.6) is 6.01 Å². The number of hydrogen-bond acceptors (Lipinski definition) is 6. The van der Waals surface area contributed by atoms with E-state index >= 15 is 0 Å². The molecular weight excluding hydrogens is 278 g/mol. The molecule has 1 saturated heterocycles. The number of piperidine rings is 1. The zero-order valence-corrected chi connectivity index (χ0v) is 13.1. The predicted octanol–water partition coefficient (Wildman–Crippen LogP) is 2.18. The molecule has 0 saturated carbocycles. The van der Waals surface area contributed by atoms with Crippen LogP contribution >= 0.6 is 0 Å². The van der Waals surface area contributed by atoms with Gasteiger partial charge in [0.15, 0.2) is 0 Å². The van der Waals surface area contributed by atoms with Crippen LogP contribution in [0.15, 0.2) is 24.8 Å². The van der Waals surface area contributed by atoms with Gasteiger partial charge in [-0.05, 0) is 32.3 Å². The number of ether oxygens (including phenoxy) is 1. The quantitative estimate of drug-likeness (QED) is 0.862. The number of anilines is 1. The van der Waals surface area contributed by atoms with Crippen molar-refractivity contribution in [3.8, 4) is 6.01 Å². The van der Waals surface area contributed by atoms with Crippen LogP contribution in [0.4, 0.5) is 5.82 Å². The maximum Gasteiger partial charge on any atom is 0.316 e. The first-order valence-corrected chi connectivity index (χ1v) is 7.66. The molecular formula is C16H21N5O. The highest BCUT2D eigenvalue weighted by atomic mass is 16.5. The molecule has 1 atom stereocenters. The highest BCUT2D eigenvalue weighted by Gasteiger charge is 2.23. The van der Waals surface area contributed by atoms with Crippen LogP contribution in [-0.4, -0.2) is 39.6 Å². The van der Waals surface area contributed by atoms with Gasteiger partial charge in [-0.1, -0.05) is 0 Å². The van der Waals surface area contributed by atoms with Crippen LogP contribution in [-0.2, 0) is 0 Å². The molecule has 0 N–H and O–H groups in total. The van der Waals surface area contributed by atoms with E-state index in [0.29, 0.717) is 18.5 Å². The molecule has 3 rings (SSSR count). The Morgan fingerprint density at radius 2 is 1.91 bits per heavy atom. The van der Waals surface area contributed by atoms with Gasteiger partial charge in [0.1, 0.15) is 5.82 Å². The van der Waals surface area contributed by atoms with Crippen molar-refractivity contribution in [1.82, 2.24) is 19.9 Å². The predicted molar refractivity (Wildman–Crippen MR) is 84.0 cm³/mol. The molecule has 2 aromatic rings. The largest absolute Gasteiger partial charge is 0.463 e. The second-order valence-corrected chi connectivity index (χ2v) is 5.77. The molecule has 2 aromatic heterocycles.